The number of rotatable bonds is 4. The zero-order chi connectivity index (χ0) is 13.9. The van der Waals surface area contributed by atoms with Gasteiger partial charge in [0.1, 0.15) is 0 Å². The second-order valence-electron chi connectivity index (χ2n) is 4.73. The summed E-state index contributed by atoms with van der Waals surface area (Å²) in [5, 5.41) is 7.13. The Morgan fingerprint density at radius 3 is 2.80 bits per heavy atom. The van der Waals surface area contributed by atoms with E-state index in [1.165, 1.54) is 24.8 Å². The predicted molar refractivity (Wildman–Crippen MR) is 96.5 cm³/mol. The van der Waals surface area contributed by atoms with Crippen LogP contribution in [-0.2, 0) is 0 Å². The number of hydrogen-bond donors (Lipinski definition) is 1. The Balaban J connectivity index is 2.13. The summed E-state index contributed by atoms with van der Waals surface area (Å²) in [6.45, 7) is 3.12. The molecule has 0 amide bonds. The van der Waals surface area contributed by atoms with Crippen LogP contribution in [0.25, 0.3) is 10.1 Å². The molecule has 0 aliphatic heterocycles. The molecular formula is C17H16INS. The van der Waals surface area contributed by atoms with Gasteiger partial charge in [-0.05, 0) is 69.2 Å². The zero-order valence-electron chi connectivity index (χ0n) is 11.3. The van der Waals surface area contributed by atoms with Crippen LogP contribution in [0.2, 0.25) is 0 Å². The lowest BCUT2D eigenvalue weighted by Gasteiger charge is -2.20. The summed E-state index contributed by atoms with van der Waals surface area (Å²) in [4.78, 5) is 0. The van der Waals surface area contributed by atoms with Crippen LogP contribution in [0.15, 0.2) is 53.9 Å². The van der Waals surface area contributed by atoms with Crippen molar-refractivity contribution in [1.82, 2.24) is 5.32 Å². The Kier molecular flexibility index (Phi) is 4.38. The van der Waals surface area contributed by atoms with Crippen LogP contribution in [0.5, 0.6) is 0 Å². The van der Waals surface area contributed by atoms with E-state index in [4.69, 9.17) is 0 Å². The number of halogens is 1. The maximum atomic E-state index is 3.63. The molecule has 1 unspecified atom stereocenters. The SMILES string of the molecule is CCNC(c1cccc(I)c1)c1cccc2ccsc12. The third-order valence-corrected chi connectivity index (χ3v) is 5.06. The molecule has 1 atom stereocenters. The molecule has 1 nitrogen and oxygen atoms in total. The number of nitrogens with one attached hydrogen (secondary N) is 1. The molecule has 0 aliphatic carbocycles. The van der Waals surface area contributed by atoms with E-state index in [1.54, 1.807) is 0 Å². The van der Waals surface area contributed by atoms with E-state index in [-0.39, 0.29) is 6.04 Å². The zero-order valence-corrected chi connectivity index (χ0v) is 14.2. The van der Waals surface area contributed by atoms with Crippen molar-refractivity contribution >= 4 is 44.0 Å². The van der Waals surface area contributed by atoms with Crippen molar-refractivity contribution < 1.29 is 0 Å². The van der Waals surface area contributed by atoms with Crippen LogP contribution in [0.3, 0.4) is 0 Å². The first-order chi connectivity index (χ1) is 9.79. The smallest absolute Gasteiger partial charge is 0.0591 e. The normalized spacial score (nSPS) is 12.7. The third kappa shape index (κ3) is 2.75. The summed E-state index contributed by atoms with van der Waals surface area (Å²) >= 11 is 4.20. The highest BCUT2D eigenvalue weighted by atomic mass is 127. The molecule has 3 rings (SSSR count). The van der Waals surface area contributed by atoms with E-state index >= 15 is 0 Å². The largest absolute Gasteiger partial charge is 0.306 e. The first kappa shape index (κ1) is 14.0. The fourth-order valence-corrected chi connectivity index (χ4v) is 4.05. The molecule has 0 fully saturated rings. The highest BCUT2D eigenvalue weighted by Crippen LogP contribution is 2.32. The molecule has 0 aliphatic rings. The van der Waals surface area contributed by atoms with Gasteiger partial charge < -0.3 is 5.32 Å². The Bertz CT molecular complexity index is 720. The van der Waals surface area contributed by atoms with Crippen molar-refractivity contribution in [3.8, 4) is 0 Å². The van der Waals surface area contributed by atoms with E-state index < -0.39 is 0 Å². The van der Waals surface area contributed by atoms with Crippen molar-refractivity contribution in [3.63, 3.8) is 0 Å². The first-order valence-corrected chi connectivity index (χ1v) is 8.70. The van der Waals surface area contributed by atoms with Gasteiger partial charge >= 0.3 is 0 Å². The van der Waals surface area contributed by atoms with Gasteiger partial charge in [-0.1, -0.05) is 37.3 Å². The van der Waals surface area contributed by atoms with Gasteiger partial charge in [-0.3, -0.25) is 0 Å². The van der Waals surface area contributed by atoms with Crippen LogP contribution in [0.4, 0.5) is 0 Å². The van der Waals surface area contributed by atoms with Crippen LogP contribution >= 0.6 is 33.9 Å². The fourth-order valence-electron chi connectivity index (χ4n) is 2.54. The molecule has 2 aromatic carbocycles. The van der Waals surface area contributed by atoms with Crippen LogP contribution in [0.1, 0.15) is 24.1 Å². The van der Waals surface area contributed by atoms with Crippen molar-refractivity contribution in [2.75, 3.05) is 6.54 Å². The average Bonchev–Trinajstić information content (AvgIpc) is 2.93. The predicted octanol–water partition coefficient (Wildman–Crippen LogP) is 5.20. The van der Waals surface area contributed by atoms with E-state index in [1.807, 2.05) is 11.3 Å². The Morgan fingerprint density at radius 1 is 1.15 bits per heavy atom. The van der Waals surface area contributed by atoms with E-state index in [0.717, 1.165) is 6.54 Å². The number of thiophene rings is 1. The summed E-state index contributed by atoms with van der Waals surface area (Å²) < 4.78 is 2.67. The highest BCUT2D eigenvalue weighted by molar-refractivity contribution is 14.1. The summed E-state index contributed by atoms with van der Waals surface area (Å²) in [5.74, 6) is 0. The van der Waals surface area contributed by atoms with E-state index in [0.29, 0.717) is 0 Å². The minimum atomic E-state index is 0.261. The van der Waals surface area contributed by atoms with E-state index in [2.05, 4.69) is 88.7 Å². The molecule has 0 saturated heterocycles. The summed E-state index contributed by atoms with van der Waals surface area (Å²) in [7, 11) is 0. The van der Waals surface area contributed by atoms with Gasteiger partial charge in [0, 0.05) is 8.27 Å². The van der Waals surface area contributed by atoms with Crippen LogP contribution in [-0.4, -0.2) is 6.54 Å². The second kappa shape index (κ2) is 6.24. The lowest BCUT2D eigenvalue weighted by Crippen LogP contribution is -2.22. The topological polar surface area (TPSA) is 12.0 Å². The van der Waals surface area contributed by atoms with Crippen molar-refractivity contribution in [1.29, 1.82) is 0 Å². The van der Waals surface area contributed by atoms with Gasteiger partial charge in [0.15, 0.2) is 0 Å². The molecule has 0 saturated carbocycles. The van der Waals surface area contributed by atoms with Crippen LogP contribution < -0.4 is 5.32 Å². The van der Waals surface area contributed by atoms with Gasteiger partial charge in [0.05, 0.1) is 6.04 Å². The summed E-state index contributed by atoms with van der Waals surface area (Å²) in [6, 6.07) is 17.8. The average molecular weight is 393 g/mol. The minimum Gasteiger partial charge on any atom is -0.306 e. The molecule has 1 N–H and O–H groups in total. The number of benzene rings is 2. The number of fused-ring (bicyclic) bond motifs is 1. The highest BCUT2D eigenvalue weighted by Gasteiger charge is 2.16. The standard InChI is InChI=1S/C17H16INS/c1-2-19-16(13-6-3-7-14(18)11-13)15-8-4-5-12-9-10-20-17(12)15/h3-11,16,19H,2H2,1H3. The van der Waals surface area contributed by atoms with Crippen molar-refractivity contribution in [2.45, 2.75) is 13.0 Å². The molecule has 20 heavy (non-hydrogen) atoms. The van der Waals surface area contributed by atoms with Gasteiger partial charge in [0.25, 0.3) is 0 Å². The quantitative estimate of drug-likeness (QED) is 0.601. The molecule has 0 radical (unpaired) electrons. The minimum absolute atomic E-state index is 0.261. The van der Waals surface area contributed by atoms with Crippen molar-refractivity contribution in [2.24, 2.45) is 0 Å². The molecule has 0 spiro atoms. The lowest BCUT2D eigenvalue weighted by molar-refractivity contribution is 0.635. The second-order valence-corrected chi connectivity index (χ2v) is 6.89. The van der Waals surface area contributed by atoms with Gasteiger partial charge in [0.2, 0.25) is 0 Å². The van der Waals surface area contributed by atoms with Gasteiger partial charge in [-0.15, -0.1) is 11.3 Å². The first-order valence-electron chi connectivity index (χ1n) is 6.74. The summed E-state index contributed by atoms with van der Waals surface area (Å²) in [5.41, 5.74) is 2.71. The lowest BCUT2D eigenvalue weighted by atomic mass is 9.98. The van der Waals surface area contributed by atoms with Crippen LogP contribution in [0, 0.1) is 3.57 Å². The summed E-state index contributed by atoms with van der Waals surface area (Å²) in [6.07, 6.45) is 0. The maximum absolute atomic E-state index is 3.63. The molecule has 1 heterocycles. The molecule has 3 heteroatoms. The Labute approximate surface area is 137 Å². The molecule has 3 aromatic rings. The van der Waals surface area contributed by atoms with Gasteiger partial charge in [-0.2, -0.15) is 0 Å². The monoisotopic (exact) mass is 393 g/mol. The maximum Gasteiger partial charge on any atom is 0.0591 e. The molecular weight excluding hydrogens is 377 g/mol. The fraction of sp³-hybridized carbons (Fsp3) is 0.176. The molecule has 102 valence electrons. The van der Waals surface area contributed by atoms with E-state index in [9.17, 15) is 0 Å². The Hall–Kier alpha value is -0.910. The molecule has 0 bridgehead atoms. The van der Waals surface area contributed by atoms with Crippen molar-refractivity contribution in [3.05, 3.63) is 68.6 Å². The third-order valence-electron chi connectivity index (χ3n) is 3.41. The Morgan fingerprint density at radius 2 is 2.00 bits per heavy atom. The molecule has 1 aromatic heterocycles. The van der Waals surface area contributed by atoms with Gasteiger partial charge in [-0.25, -0.2) is 0 Å². The number of hydrogen-bond acceptors (Lipinski definition) is 2.